The Morgan fingerprint density at radius 3 is 2.65 bits per heavy atom. The molecule has 0 aliphatic rings. The predicted molar refractivity (Wildman–Crippen MR) is 88.2 cm³/mol. The van der Waals surface area contributed by atoms with Crippen molar-refractivity contribution in [1.29, 1.82) is 0 Å². The number of hydrogen-bond acceptors (Lipinski definition) is 4. The van der Waals surface area contributed by atoms with Crippen molar-refractivity contribution in [2.75, 3.05) is 13.2 Å². The molecule has 2 rings (SSSR count). The van der Waals surface area contributed by atoms with Gasteiger partial charge in [0, 0.05) is 10.9 Å². The number of fused-ring (bicyclic) bond motifs is 1. The van der Waals surface area contributed by atoms with Crippen molar-refractivity contribution >= 4 is 33.8 Å². The number of rotatable bonds is 5. The molecule has 7 heteroatoms. The van der Waals surface area contributed by atoms with Gasteiger partial charge in [0.2, 0.25) is 0 Å². The Bertz CT molecular complexity index is 718. The lowest BCUT2D eigenvalue weighted by Crippen LogP contribution is -2.34. The molecule has 1 aromatic heterocycles. The smallest absolute Gasteiger partial charge is 0.407 e. The summed E-state index contributed by atoms with van der Waals surface area (Å²) >= 11 is 5.44. The molecule has 124 valence electrons. The van der Waals surface area contributed by atoms with Crippen LogP contribution < -0.4 is 10.1 Å². The van der Waals surface area contributed by atoms with Crippen LogP contribution in [0.5, 0.6) is 5.75 Å². The molecule has 0 saturated carbocycles. The standard InChI is InChI=1S/C16H19ClN2O4/c1-16(2,3)23-15(21)18-6-7-22-11-4-5-12-10(8-11)9-13(19-12)14(17)20/h4-5,8-9,19H,6-7H2,1-3H3,(H,18,21). The first kappa shape index (κ1) is 17.1. The number of carbonyl (C=O) groups excluding carboxylic acids is 2. The average Bonchev–Trinajstić information content (AvgIpc) is 2.85. The van der Waals surface area contributed by atoms with Gasteiger partial charge in [-0.15, -0.1) is 0 Å². The third-order valence-electron chi connectivity index (χ3n) is 2.84. The highest BCUT2D eigenvalue weighted by Gasteiger charge is 2.15. The second-order valence-corrected chi connectivity index (χ2v) is 6.33. The number of H-pyrrole nitrogens is 1. The number of ether oxygens (including phenoxy) is 2. The lowest BCUT2D eigenvalue weighted by atomic mass is 10.2. The molecule has 0 unspecified atom stereocenters. The van der Waals surface area contributed by atoms with Crippen molar-refractivity contribution in [3.05, 3.63) is 30.0 Å². The van der Waals surface area contributed by atoms with E-state index in [4.69, 9.17) is 21.1 Å². The van der Waals surface area contributed by atoms with Crippen LogP contribution in [0.1, 0.15) is 31.3 Å². The van der Waals surface area contributed by atoms with Crippen LogP contribution in [0.2, 0.25) is 0 Å². The SMILES string of the molecule is CC(C)(C)OC(=O)NCCOc1ccc2[nH]c(C(=O)Cl)cc2c1. The Balaban J connectivity index is 1.85. The van der Waals surface area contributed by atoms with Crippen molar-refractivity contribution in [3.63, 3.8) is 0 Å². The fraction of sp³-hybridized carbons (Fsp3) is 0.375. The molecule has 2 aromatic rings. The highest BCUT2D eigenvalue weighted by molar-refractivity contribution is 6.67. The molecule has 0 saturated heterocycles. The van der Waals surface area contributed by atoms with Crippen LogP contribution in [0, 0.1) is 0 Å². The van der Waals surface area contributed by atoms with E-state index >= 15 is 0 Å². The molecular weight excluding hydrogens is 320 g/mol. The number of benzene rings is 1. The summed E-state index contributed by atoms with van der Waals surface area (Å²) in [6.45, 7) is 6.03. The van der Waals surface area contributed by atoms with E-state index in [0.717, 1.165) is 10.9 Å². The monoisotopic (exact) mass is 338 g/mol. The van der Waals surface area contributed by atoms with Gasteiger partial charge in [-0.1, -0.05) is 0 Å². The third-order valence-corrected chi connectivity index (χ3v) is 3.05. The first-order valence-electron chi connectivity index (χ1n) is 7.17. The number of carbonyl (C=O) groups is 2. The summed E-state index contributed by atoms with van der Waals surface area (Å²) in [5.74, 6) is 0.635. The van der Waals surface area contributed by atoms with Crippen LogP contribution in [0.3, 0.4) is 0 Å². The lowest BCUT2D eigenvalue weighted by molar-refractivity contribution is 0.0520. The second kappa shape index (κ2) is 6.91. The maximum absolute atomic E-state index is 11.5. The van der Waals surface area contributed by atoms with Gasteiger partial charge in [0.15, 0.2) is 0 Å². The molecule has 0 radical (unpaired) electrons. The van der Waals surface area contributed by atoms with E-state index in [0.29, 0.717) is 24.6 Å². The zero-order chi connectivity index (χ0) is 17.0. The van der Waals surface area contributed by atoms with Crippen LogP contribution in [-0.2, 0) is 4.74 Å². The van der Waals surface area contributed by atoms with Crippen molar-refractivity contribution < 1.29 is 19.1 Å². The largest absolute Gasteiger partial charge is 0.492 e. The molecule has 0 aliphatic carbocycles. The maximum Gasteiger partial charge on any atom is 0.407 e. The van der Waals surface area contributed by atoms with Crippen LogP contribution in [-0.4, -0.2) is 35.1 Å². The van der Waals surface area contributed by atoms with Gasteiger partial charge in [-0.3, -0.25) is 4.79 Å². The molecule has 0 spiro atoms. The molecule has 0 fully saturated rings. The molecule has 1 amide bonds. The molecule has 1 heterocycles. The lowest BCUT2D eigenvalue weighted by Gasteiger charge is -2.19. The molecular formula is C16H19ClN2O4. The summed E-state index contributed by atoms with van der Waals surface area (Å²) in [4.78, 5) is 25.5. The average molecular weight is 339 g/mol. The van der Waals surface area contributed by atoms with E-state index in [9.17, 15) is 9.59 Å². The second-order valence-electron chi connectivity index (χ2n) is 5.98. The van der Waals surface area contributed by atoms with E-state index in [1.54, 1.807) is 45.0 Å². The summed E-state index contributed by atoms with van der Waals surface area (Å²) < 4.78 is 10.7. The molecule has 1 aromatic carbocycles. The van der Waals surface area contributed by atoms with Crippen LogP contribution in [0.15, 0.2) is 24.3 Å². The number of amides is 1. The first-order chi connectivity index (χ1) is 10.7. The highest BCUT2D eigenvalue weighted by atomic mass is 35.5. The normalized spacial score (nSPS) is 11.3. The van der Waals surface area contributed by atoms with E-state index in [-0.39, 0.29) is 0 Å². The zero-order valence-corrected chi connectivity index (χ0v) is 14.0. The van der Waals surface area contributed by atoms with Crippen LogP contribution in [0.4, 0.5) is 4.79 Å². The fourth-order valence-electron chi connectivity index (χ4n) is 1.94. The number of aromatic amines is 1. The van der Waals surface area contributed by atoms with E-state index in [2.05, 4.69) is 10.3 Å². The Hall–Kier alpha value is -2.21. The van der Waals surface area contributed by atoms with Gasteiger partial charge in [0.05, 0.1) is 12.2 Å². The Kier molecular flexibility index (Phi) is 5.15. The highest BCUT2D eigenvalue weighted by Crippen LogP contribution is 2.22. The van der Waals surface area contributed by atoms with Gasteiger partial charge in [-0.25, -0.2) is 4.79 Å². The summed E-state index contributed by atoms with van der Waals surface area (Å²) in [5.41, 5.74) is 0.612. The topological polar surface area (TPSA) is 80.4 Å². The molecule has 0 atom stereocenters. The fourth-order valence-corrected chi connectivity index (χ4v) is 2.04. The van der Waals surface area contributed by atoms with Crippen molar-refractivity contribution in [2.24, 2.45) is 0 Å². The predicted octanol–water partition coefficient (Wildman–Crippen LogP) is 3.45. The Labute approximate surface area is 139 Å². The third kappa shape index (κ3) is 5.17. The Morgan fingerprint density at radius 2 is 2.00 bits per heavy atom. The minimum absolute atomic E-state index is 0.302. The Morgan fingerprint density at radius 1 is 1.26 bits per heavy atom. The minimum Gasteiger partial charge on any atom is -0.492 e. The molecule has 0 bridgehead atoms. The zero-order valence-electron chi connectivity index (χ0n) is 13.2. The molecule has 0 aliphatic heterocycles. The van der Waals surface area contributed by atoms with Crippen molar-refractivity contribution in [3.8, 4) is 5.75 Å². The number of alkyl carbamates (subject to hydrolysis) is 1. The van der Waals surface area contributed by atoms with Gasteiger partial charge >= 0.3 is 6.09 Å². The van der Waals surface area contributed by atoms with Crippen LogP contribution in [0.25, 0.3) is 10.9 Å². The van der Waals surface area contributed by atoms with E-state index in [1.165, 1.54) is 0 Å². The maximum atomic E-state index is 11.5. The summed E-state index contributed by atoms with van der Waals surface area (Å²) in [6.07, 6.45) is -0.479. The molecule has 23 heavy (non-hydrogen) atoms. The summed E-state index contributed by atoms with van der Waals surface area (Å²) in [6, 6.07) is 7.03. The summed E-state index contributed by atoms with van der Waals surface area (Å²) in [7, 11) is 0. The molecule has 2 N–H and O–H groups in total. The quantitative estimate of drug-likeness (QED) is 0.646. The molecule has 6 nitrogen and oxygen atoms in total. The number of halogens is 1. The van der Waals surface area contributed by atoms with Gasteiger partial charge in [0.25, 0.3) is 5.24 Å². The van der Waals surface area contributed by atoms with Crippen molar-refractivity contribution in [2.45, 2.75) is 26.4 Å². The number of hydrogen-bond donors (Lipinski definition) is 2. The number of nitrogens with one attached hydrogen (secondary N) is 2. The van der Waals surface area contributed by atoms with Crippen LogP contribution >= 0.6 is 11.6 Å². The number of aromatic nitrogens is 1. The van der Waals surface area contributed by atoms with Gasteiger partial charge < -0.3 is 19.8 Å². The summed E-state index contributed by atoms with van der Waals surface area (Å²) in [5, 5.41) is 2.90. The van der Waals surface area contributed by atoms with Crippen molar-refractivity contribution in [1.82, 2.24) is 10.3 Å². The van der Waals surface area contributed by atoms with Gasteiger partial charge in [-0.2, -0.15) is 0 Å². The van der Waals surface area contributed by atoms with Gasteiger partial charge in [0.1, 0.15) is 18.0 Å². The van der Waals surface area contributed by atoms with E-state index in [1.807, 2.05) is 0 Å². The van der Waals surface area contributed by atoms with E-state index < -0.39 is 16.9 Å². The van der Waals surface area contributed by atoms with Gasteiger partial charge in [-0.05, 0) is 56.6 Å². The minimum atomic E-state index is -0.537. The first-order valence-corrected chi connectivity index (χ1v) is 7.55.